The van der Waals surface area contributed by atoms with Crippen LogP contribution in [-0.2, 0) is 13.0 Å². The maximum absolute atomic E-state index is 5.92. The molecule has 0 aliphatic rings. The van der Waals surface area contributed by atoms with Crippen molar-refractivity contribution in [2.75, 3.05) is 13.0 Å². The Hall–Kier alpha value is -1.22. The van der Waals surface area contributed by atoms with Crippen LogP contribution in [0.15, 0.2) is 18.2 Å². The molecule has 1 heterocycles. The molecule has 1 aromatic carbocycles. The number of aryl methyl sites for hydroxylation is 1. The lowest BCUT2D eigenvalue weighted by Gasteiger charge is -2.18. The first-order valence-electron chi connectivity index (χ1n) is 7.16. The normalized spacial score (nSPS) is 13.1. The predicted octanol–water partition coefficient (Wildman–Crippen LogP) is 4.12. The van der Waals surface area contributed by atoms with Crippen LogP contribution in [0.1, 0.15) is 26.6 Å². The number of aromatic nitrogens is 2. The highest BCUT2D eigenvalue weighted by atomic mass is 35.5. The summed E-state index contributed by atoms with van der Waals surface area (Å²) >= 11 is 5.92. The van der Waals surface area contributed by atoms with Crippen LogP contribution in [-0.4, -0.2) is 22.5 Å². The molecule has 0 aliphatic carbocycles. The van der Waals surface area contributed by atoms with E-state index in [-0.39, 0.29) is 0 Å². The second-order valence-corrected chi connectivity index (χ2v) is 6.03. The minimum atomic E-state index is 0.594. The summed E-state index contributed by atoms with van der Waals surface area (Å²) in [7, 11) is 1.68. The van der Waals surface area contributed by atoms with E-state index in [9.17, 15) is 0 Å². The minimum absolute atomic E-state index is 0.594. The Labute approximate surface area is 125 Å². The molecule has 2 aromatic rings. The summed E-state index contributed by atoms with van der Waals surface area (Å²) in [4.78, 5) is 4.72. The fourth-order valence-corrected chi connectivity index (χ4v) is 2.43. The number of hydrogen-bond donors (Lipinski definition) is 0. The van der Waals surface area contributed by atoms with Gasteiger partial charge in [0.2, 0.25) is 0 Å². The second-order valence-electron chi connectivity index (χ2n) is 5.65. The van der Waals surface area contributed by atoms with Crippen molar-refractivity contribution in [3.8, 4) is 5.75 Å². The Morgan fingerprint density at radius 1 is 1.30 bits per heavy atom. The number of rotatable bonds is 6. The molecule has 0 saturated carbocycles. The van der Waals surface area contributed by atoms with Crippen LogP contribution in [0.25, 0.3) is 11.0 Å². The first kappa shape index (κ1) is 15.2. The maximum atomic E-state index is 5.92. The zero-order chi connectivity index (χ0) is 14.7. The van der Waals surface area contributed by atoms with Gasteiger partial charge in [0.25, 0.3) is 0 Å². The average Bonchev–Trinajstić information content (AvgIpc) is 2.76. The van der Waals surface area contributed by atoms with Gasteiger partial charge in [0.05, 0.1) is 18.1 Å². The highest BCUT2D eigenvalue weighted by molar-refractivity contribution is 6.17. The van der Waals surface area contributed by atoms with Crippen molar-refractivity contribution in [2.45, 2.75) is 33.7 Å². The van der Waals surface area contributed by atoms with Gasteiger partial charge in [-0.25, -0.2) is 4.98 Å². The van der Waals surface area contributed by atoms with E-state index in [0.29, 0.717) is 17.7 Å². The van der Waals surface area contributed by atoms with Gasteiger partial charge in [-0.05, 0) is 24.0 Å². The lowest BCUT2D eigenvalue weighted by molar-refractivity contribution is 0.364. The van der Waals surface area contributed by atoms with E-state index < -0.39 is 0 Å². The van der Waals surface area contributed by atoms with E-state index in [1.807, 2.05) is 12.1 Å². The summed E-state index contributed by atoms with van der Waals surface area (Å²) in [6.45, 7) is 7.78. The number of benzene rings is 1. The van der Waals surface area contributed by atoms with Gasteiger partial charge in [-0.1, -0.05) is 20.8 Å². The largest absolute Gasteiger partial charge is 0.497 e. The second kappa shape index (κ2) is 6.49. The zero-order valence-corrected chi connectivity index (χ0v) is 13.4. The zero-order valence-electron chi connectivity index (χ0n) is 12.7. The first-order chi connectivity index (χ1) is 9.56. The third-order valence-corrected chi connectivity index (χ3v) is 4.15. The molecule has 3 nitrogen and oxygen atoms in total. The van der Waals surface area contributed by atoms with Gasteiger partial charge in [0, 0.05) is 24.9 Å². The van der Waals surface area contributed by atoms with Gasteiger partial charge in [-0.15, -0.1) is 11.6 Å². The topological polar surface area (TPSA) is 27.1 Å². The molecule has 4 heteroatoms. The van der Waals surface area contributed by atoms with Crippen molar-refractivity contribution < 1.29 is 4.74 Å². The Balaban J connectivity index is 2.45. The number of halogens is 1. The molecule has 110 valence electrons. The van der Waals surface area contributed by atoms with E-state index >= 15 is 0 Å². The smallest absolute Gasteiger partial charge is 0.121 e. The summed E-state index contributed by atoms with van der Waals surface area (Å²) in [5, 5.41) is 0. The molecule has 0 amide bonds. The third kappa shape index (κ3) is 3.09. The number of fused-ring (bicyclic) bond motifs is 1. The van der Waals surface area contributed by atoms with E-state index in [1.54, 1.807) is 7.11 Å². The van der Waals surface area contributed by atoms with Crippen LogP contribution in [0, 0.1) is 11.8 Å². The summed E-state index contributed by atoms with van der Waals surface area (Å²) < 4.78 is 7.58. The average molecular weight is 295 g/mol. The fourth-order valence-electron chi connectivity index (χ4n) is 2.26. The molecular formula is C16H23ClN2O. The number of ether oxygens (including phenoxy) is 1. The van der Waals surface area contributed by atoms with Gasteiger partial charge < -0.3 is 9.30 Å². The molecule has 0 aliphatic heterocycles. The predicted molar refractivity (Wildman–Crippen MR) is 84.7 cm³/mol. The molecule has 2 rings (SSSR count). The SMILES string of the molecule is COc1ccc2c(c1)nc(CCCl)n2CC(C)C(C)C. The van der Waals surface area contributed by atoms with Crippen LogP contribution in [0.2, 0.25) is 0 Å². The molecule has 0 spiro atoms. The molecule has 1 unspecified atom stereocenters. The Morgan fingerprint density at radius 3 is 2.65 bits per heavy atom. The highest BCUT2D eigenvalue weighted by Crippen LogP contribution is 2.24. The number of nitrogens with zero attached hydrogens (tertiary/aromatic N) is 2. The first-order valence-corrected chi connectivity index (χ1v) is 7.69. The van der Waals surface area contributed by atoms with Crippen LogP contribution < -0.4 is 4.74 Å². The number of imidazole rings is 1. The molecule has 20 heavy (non-hydrogen) atoms. The number of hydrogen-bond acceptors (Lipinski definition) is 2. The Morgan fingerprint density at radius 2 is 2.05 bits per heavy atom. The van der Waals surface area contributed by atoms with E-state index in [1.165, 1.54) is 5.52 Å². The summed E-state index contributed by atoms with van der Waals surface area (Å²) in [6, 6.07) is 6.07. The summed E-state index contributed by atoms with van der Waals surface area (Å²) in [5.74, 6) is 3.75. The standard InChI is InChI=1S/C16H23ClN2O/c1-11(2)12(3)10-19-15-6-5-13(20-4)9-14(15)18-16(19)7-8-17/h5-6,9,11-12H,7-8,10H2,1-4H3. The van der Waals surface area contributed by atoms with Gasteiger partial charge in [-0.2, -0.15) is 0 Å². The monoisotopic (exact) mass is 294 g/mol. The third-order valence-electron chi connectivity index (χ3n) is 3.96. The van der Waals surface area contributed by atoms with Crippen molar-refractivity contribution in [3.05, 3.63) is 24.0 Å². The molecule has 0 fully saturated rings. The number of alkyl halides is 1. The highest BCUT2D eigenvalue weighted by Gasteiger charge is 2.15. The molecule has 0 saturated heterocycles. The molecular weight excluding hydrogens is 272 g/mol. The van der Waals surface area contributed by atoms with Crippen molar-refractivity contribution in [1.29, 1.82) is 0 Å². The van der Waals surface area contributed by atoms with Crippen LogP contribution in [0.5, 0.6) is 5.75 Å². The van der Waals surface area contributed by atoms with E-state index in [2.05, 4.69) is 31.4 Å². The molecule has 0 N–H and O–H groups in total. The quantitative estimate of drug-likeness (QED) is 0.749. The van der Waals surface area contributed by atoms with Crippen LogP contribution >= 0.6 is 11.6 Å². The molecule has 0 radical (unpaired) electrons. The Bertz CT molecular complexity index is 577. The summed E-state index contributed by atoms with van der Waals surface area (Å²) in [5.41, 5.74) is 2.15. The molecule has 1 aromatic heterocycles. The number of methoxy groups -OCH3 is 1. The van der Waals surface area contributed by atoms with Crippen molar-refractivity contribution in [3.63, 3.8) is 0 Å². The van der Waals surface area contributed by atoms with Gasteiger partial charge in [0.15, 0.2) is 0 Å². The lowest BCUT2D eigenvalue weighted by Crippen LogP contribution is -2.15. The summed E-state index contributed by atoms with van der Waals surface area (Å²) in [6.07, 6.45) is 0.795. The fraction of sp³-hybridized carbons (Fsp3) is 0.562. The van der Waals surface area contributed by atoms with Crippen LogP contribution in [0.3, 0.4) is 0 Å². The molecule has 0 bridgehead atoms. The van der Waals surface area contributed by atoms with Crippen molar-refractivity contribution >= 4 is 22.6 Å². The van der Waals surface area contributed by atoms with E-state index in [0.717, 1.165) is 30.1 Å². The Kier molecular flexibility index (Phi) is 4.92. The lowest BCUT2D eigenvalue weighted by atomic mass is 9.98. The minimum Gasteiger partial charge on any atom is -0.497 e. The van der Waals surface area contributed by atoms with E-state index in [4.69, 9.17) is 21.3 Å². The van der Waals surface area contributed by atoms with Crippen molar-refractivity contribution in [1.82, 2.24) is 9.55 Å². The van der Waals surface area contributed by atoms with Crippen LogP contribution in [0.4, 0.5) is 0 Å². The maximum Gasteiger partial charge on any atom is 0.121 e. The van der Waals surface area contributed by atoms with Gasteiger partial charge in [-0.3, -0.25) is 0 Å². The van der Waals surface area contributed by atoms with Crippen molar-refractivity contribution in [2.24, 2.45) is 11.8 Å². The van der Waals surface area contributed by atoms with Gasteiger partial charge in [0.1, 0.15) is 11.6 Å². The molecule has 1 atom stereocenters. The van der Waals surface area contributed by atoms with Gasteiger partial charge >= 0.3 is 0 Å².